The third-order valence-corrected chi connectivity index (χ3v) is 3.94. The highest BCUT2D eigenvalue weighted by molar-refractivity contribution is 5.26. The van der Waals surface area contributed by atoms with Crippen molar-refractivity contribution in [2.75, 3.05) is 13.6 Å². The van der Waals surface area contributed by atoms with Crippen LogP contribution in [-0.2, 0) is 6.61 Å². The van der Waals surface area contributed by atoms with Crippen LogP contribution < -0.4 is 4.74 Å². The molecule has 2 nitrogen and oxygen atoms in total. The normalized spacial score (nSPS) is 13.5. The summed E-state index contributed by atoms with van der Waals surface area (Å²) in [6, 6.07) is 19.2. The van der Waals surface area contributed by atoms with Gasteiger partial charge in [0.15, 0.2) is 0 Å². The van der Waals surface area contributed by atoms with E-state index >= 15 is 0 Å². The largest absolute Gasteiger partial charge is 0.489 e. The van der Waals surface area contributed by atoms with Crippen molar-refractivity contribution in [3.8, 4) is 5.75 Å². The van der Waals surface area contributed by atoms with E-state index in [0.717, 1.165) is 11.8 Å². The number of ether oxygens (including phenoxy) is 1. The van der Waals surface area contributed by atoms with Crippen molar-refractivity contribution < 1.29 is 4.74 Å². The van der Waals surface area contributed by atoms with E-state index in [2.05, 4.69) is 50.1 Å². The molecule has 118 valence electrons. The molecule has 2 heteroatoms. The van der Waals surface area contributed by atoms with Crippen LogP contribution in [0.1, 0.15) is 30.9 Å². The summed E-state index contributed by atoms with van der Waals surface area (Å²) in [5.74, 6) is 0.921. The van der Waals surface area contributed by atoms with Gasteiger partial charge in [-0.15, -0.1) is 0 Å². The number of benzene rings is 2. The van der Waals surface area contributed by atoms with Gasteiger partial charge in [0.1, 0.15) is 12.4 Å². The monoisotopic (exact) mass is 297 g/mol. The van der Waals surface area contributed by atoms with Crippen molar-refractivity contribution in [1.29, 1.82) is 0 Å². The highest BCUT2D eigenvalue weighted by Gasteiger charge is 2.24. The number of nitrogens with zero attached hydrogens (tertiary/aromatic N) is 1. The van der Waals surface area contributed by atoms with E-state index in [4.69, 9.17) is 4.74 Å². The summed E-state index contributed by atoms with van der Waals surface area (Å²) in [6.07, 6.45) is 2.87. The van der Waals surface area contributed by atoms with Gasteiger partial charge in [0.25, 0.3) is 0 Å². The van der Waals surface area contributed by atoms with Gasteiger partial charge >= 0.3 is 0 Å². The molecule has 0 N–H and O–H groups in total. The van der Waals surface area contributed by atoms with Crippen molar-refractivity contribution in [2.45, 2.75) is 39.3 Å². The zero-order valence-electron chi connectivity index (χ0n) is 14.0. The fraction of sp³-hybridized carbons (Fsp3) is 0.400. The number of hydrogen-bond acceptors (Lipinski definition) is 2. The summed E-state index contributed by atoms with van der Waals surface area (Å²) in [6.45, 7) is 6.12. The van der Waals surface area contributed by atoms with Gasteiger partial charge in [-0.05, 0) is 51.1 Å². The quantitative estimate of drug-likeness (QED) is 0.795. The standard InChI is InChI=1S/C14H14O.C6H13N/c1-12-7-9-14(10-8-12)15-11-13-5-3-2-4-6-13;1-3-7(2)6-4-5-6/h2-10H,11H2,1H3;6H,3-5H2,1-2H3. The van der Waals surface area contributed by atoms with Gasteiger partial charge in [0, 0.05) is 6.04 Å². The number of hydrogen-bond donors (Lipinski definition) is 0. The average molecular weight is 297 g/mol. The van der Waals surface area contributed by atoms with Gasteiger partial charge in [0.05, 0.1) is 0 Å². The summed E-state index contributed by atoms with van der Waals surface area (Å²) in [7, 11) is 2.19. The first-order chi connectivity index (χ1) is 10.7. The van der Waals surface area contributed by atoms with Gasteiger partial charge in [-0.2, -0.15) is 0 Å². The molecule has 1 aliphatic rings. The molecular weight excluding hydrogens is 270 g/mol. The summed E-state index contributed by atoms with van der Waals surface area (Å²) < 4.78 is 5.65. The third kappa shape index (κ3) is 5.90. The van der Waals surface area contributed by atoms with Crippen LogP contribution in [0.4, 0.5) is 0 Å². The van der Waals surface area contributed by atoms with Gasteiger partial charge < -0.3 is 9.64 Å². The van der Waals surface area contributed by atoms with Crippen LogP contribution in [-0.4, -0.2) is 24.5 Å². The average Bonchev–Trinajstić information content (AvgIpc) is 3.40. The Bertz CT molecular complexity index is 531. The lowest BCUT2D eigenvalue weighted by Crippen LogP contribution is -2.19. The lowest BCUT2D eigenvalue weighted by molar-refractivity contribution is 0.306. The van der Waals surface area contributed by atoms with Gasteiger partial charge in [0.2, 0.25) is 0 Å². The molecule has 0 saturated heterocycles. The molecule has 0 spiro atoms. The first-order valence-electron chi connectivity index (χ1n) is 8.12. The number of aryl methyl sites for hydroxylation is 1. The summed E-state index contributed by atoms with van der Waals surface area (Å²) >= 11 is 0. The van der Waals surface area contributed by atoms with E-state index < -0.39 is 0 Å². The van der Waals surface area contributed by atoms with Crippen LogP contribution in [0.5, 0.6) is 5.75 Å². The van der Waals surface area contributed by atoms with Gasteiger partial charge in [-0.1, -0.05) is 55.0 Å². The molecular formula is C20H27NO. The Morgan fingerprint density at radius 2 is 1.64 bits per heavy atom. The summed E-state index contributed by atoms with van der Waals surface area (Å²) in [5.41, 5.74) is 2.44. The van der Waals surface area contributed by atoms with E-state index in [1.807, 2.05) is 30.3 Å². The van der Waals surface area contributed by atoms with Crippen LogP contribution in [0.2, 0.25) is 0 Å². The second kappa shape index (κ2) is 8.60. The van der Waals surface area contributed by atoms with Crippen molar-refractivity contribution in [3.05, 3.63) is 65.7 Å². The van der Waals surface area contributed by atoms with Gasteiger partial charge in [-0.25, -0.2) is 0 Å². The smallest absolute Gasteiger partial charge is 0.119 e. The second-order valence-electron chi connectivity index (χ2n) is 5.89. The lowest BCUT2D eigenvalue weighted by Gasteiger charge is -2.10. The fourth-order valence-electron chi connectivity index (χ4n) is 2.15. The van der Waals surface area contributed by atoms with Crippen LogP contribution >= 0.6 is 0 Å². The molecule has 0 amide bonds. The SMILES string of the molecule is CCN(C)C1CC1.Cc1ccc(OCc2ccccc2)cc1. The van der Waals surface area contributed by atoms with Crippen molar-refractivity contribution in [2.24, 2.45) is 0 Å². The Kier molecular flexibility index (Phi) is 6.47. The first kappa shape index (κ1) is 16.6. The molecule has 1 fully saturated rings. The highest BCUT2D eigenvalue weighted by Crippen LogP contribution is 2.24. The summed E-state index contributed by atoms with van der Waals surface area (Å²) in [4.78, 5) is 2.40. The van der Waals surface area contributed by atoms with Crippen LogP contribution in [0.3, 0.4) is 0 Å². The van der Waals surface area contributed by atoms with Gasteiger partial charge in [-0.3, -0.25) is 0 Å². The van der Waals surface area contributed by atoms with Crippen LogP contribution in [0, 0.1) is 6.92 Å². The van der Waals surface area contributed by atoms with Crippen LogP contribution in [0.25, 0.3) is 0 Å². The Morgan fingerprint density at radius 3 is 2.14 bits per heavy atom. The maximum absolute atomic E-state index is 5.65. The molecule has 1 saturated carbocycles. The predicted molar refractivity (Wildman–Crippen MR) is 93.3 cm³/mol. The minimum absolute atomic E-state index is 0.629. The molecule has 1 aliphatic carbocycles. The van der Waals surface area contributed by atoms with E-state index in [-0.39, 0.29) is 0 Å². The topological polar surface area (TPSA) is 12.5 Å². The van der Waals surface area contributed by atoms with Crippen molar-refractivity contribution in [3.63, 3.8) is 0 Å². The maximum Gasteiger partial charge on any atom is 0.119 e. The zero-order valence-corrected chi connectivity index (χ0v) is 14.0. The maximum atomic E-state index is 5.65. The predicted octanol–water partition coefficient (Wildman–Crippen LogP) is 4.67. The summed E-state index contributed by atoms with van der Waals surface area (Å²) in [5, 5.41) is 0. The van der Waals surface area contributed by atoms with E-state index in [1.54, 1.807) is 0 Å². The molecule has 0 aliphatic heterocycles. The first-order valence-corrected chi connectivity index (χ1v) is 8.12. The molecule has 22 heavy (non-hydrogen) atoms. The molecule has 0 atom stereocenters. The van der Waals surface area contributed by atoms with E-state index in [1.165, 1.54) is 30.5 Å². The molecule has 2 aromatic carbocycles. The Labute approximate surface area is 134 Å². The van der Waals surface area contributed by atoms with Crippen molar-refractivity contribution in [1.82, 2.24) is 4.90 Å². The third-order valence-electron chi connectivity index (χ3n) is 3.94. The van der Waals surface area contributed by atoms with Crippen molar-refractivity contribution >= 4 is 0 Å². The van der Waals surface area contributed by atoms with E-state index in [9.17, 15) is 0 Å². The zero-order chi connectivity index (χ0) is 15.8. The Hall–Kier alpha value is -1.80. The molecule has 0 aromatic heterocycles. The molecule has 0 heterocycles. The molecule has 3 rings (SSSR count). The minimum atomic E-state index is 0.629. The van der Waals surface area contributed by atoms with Crippen LogP contribution in [0.15, 0.2) is 54.6 Å². The lowest BCUT2D eigenvalue weighted by atomic mass is 10.2. The molecule has 0 bridgehead atoms. The molecule has 0 unspecified atom stereocenters. The molecule has 2 aromatic rings. The van der Waals surface area contributed by atoms with E-state index in [0.29, 0.717) is 6.61 Å². The highest BCUT2D eigenvalue weighted by atomic mass is 16.5. The Balaban J connectivity index is 0.000000211. The minimum Gasteiger partial charge on any atom is -0.489 e. The Morgan fingerprint density at radius 1 is 1.00 bits per heavy atom. The fourth-order valence-corrected chi connectivity index (χ4v) is 2.15. The second-order valence-corrected chi connectivity index (χ2v) is 5.89. The number of rotatable bonds is 5. The molecule has 0 radical (unpaired) electrons.